The SMILES string of the molecule is CC1CC(C)CN(Cc2nc3cc4c(cc3[nH]2)OCO4)C1. The van der Waals surface area contributed by atoms with Crippen molar-refractivity contribution in [2.75, 3.05) is 19.9 Å². The summed E-state index contributed by atoms with van der Waals surface area (Å²) in [5, 5.41) is 0. The quantitative estimate of drug-likeness (QED) is 0.922. The molecule has 5 heteroatoms. The molecule has 2 aromatic rings. The van der Waals surface area contributed by atoms with Crippen LogP contribution in [0.1, 0.15) is 26.1 Å². The van der Waals surface area contributed by atoms with E-state index in [9.17, 15) is 0 Å². The summed E-state index contributed by atoms with van der Waals surface area (Å²) in [5.74, 6) is 4.15. The molecule has 0 aliphatic carbocycles. The number of nitrogens with one attached hydrogen (secondary N) is 1. The Morgan fingerprint density at radius 2 is 1.90 bits per heavy atom. The lowest BCUT2D eigenvalue weighted by Crippen LogP contribution is -2.38. The Bertz CT molecular complexity index is 616. The number of imidazole rings is 1. The minimum atomic E-state index is 0.304. The number of ether oxygens (including phenoxy) is 2. The standard InChI is InChI=1S/C16H21N3O2/c1-10-3-11(2)7-19(6-10)8-16-17-12-4-14-15(21-9-20-14)5-13(12)18-16/h4-5,10-11H,3,6-9H2,1-2H3,(H,17,18). The van der Waals surface area contributed by atoms with Gasteiger partial charge < -0.3 is 14.5 Å². The van der Waals surface area contributed by atoms with Crippen LogP contribution in [0.25, 0.3) is 11.0 Å². The third-order valence-electron chi connectivity index (χ3n) is 4.34. The first-order valence-electron chi connectivity index (χ1n) is 7.68. The second-order valence-electron chi connectivity index (χ2n) is 6.55. The maximum atomic E-state index is 5.41. The minimum absolute atomic E-state index is 0.304. The second-order valence-corrected chi connectivity index (χ2v) is 6.55. The summed E-state index contributed by atoms with van der Waals surface area (Å²) in [7, 11) is 0. The fourth-order valence-electron chi connectivity index (χ4n) is 3.66. The molecule has 1 saturated heterocycles. The van der Waals surface area contributed by atoms with E-state index in [1.807, 2.05) is 12.1 Å². The number of hydrogen-bond acceptors (Lipinski definition) is 4. The number of likely N-dealkylation sites (tertiary alicyclic amines) is 1. The van der Waals surface area contributed by atoms with E-state index in [-0.39, 0.29) is 0 Å². The van der Waals surface area contributed by atoms with Crippen molar-refractivity contribution < 1.29 is 9.47 Å². The van der Waals surface area contributed by atoms with Gasteiger partial charge in [-0.15, -0.1) is 0 Å². The molecular weight excluding hydrogens is 266 g/mol. The van der Waals surface area contributed by atoms with Crippen LogP contribution in [0.2, 0.25) is 0 Å². The Hall–Kier alpha value is -1.75. The number of H-pyrrole nitrogens is 1. The first-order valence-corrected chi connectivity index (χ1v) is 7.68. The molecule has 1 aromatic carbocycles. The lowest BCUT2D eigenvalue weighted by atomic mass is 9.92. The molecule has 2 aliphatic heterocycles. The molecule has 0 spiro atoms. The van der Waals surface area contributed by atoms with Crippen molar-refractivity contribution in [3.8, 4) is 11.5 Å². The maximum Gasteiger partial charge on any atom is 0.231 e. The molecule has 5 nitrogen and oxygen atoms in total. The molecule has 2 unspecified atom stereocenters. The number of piperidine rings is 1. The molecule has 1 aromatic heterocycles. The lowest BCUT2D eigenvalue weighted by molar-refractivity contribution is 0.132. The maximum absolute atomic E-state index is 5.41. The molecule has 1 fully saturated rings. The third-order valence-corrected chi connectivity index (χ3v) is 4.34. The van der Waals surface area contributed by atoms with E-state index >= 15 is 0 Å². The number of aromatic nitrogens is 2. The van der Waals surface area contributed by atoms with Crippen LogP contribution in [0, 0.1) is 11.8 Å². The lowest BCUT2D eigenvalue weighted by Gasteiger charge is -2.34. The predicted molar refractivity (Wildman–Crippen MR) is 80.4 cm³/mol. The smallest absolute Gasteiger partial charge is 0.231 e. The van der Waals surface area contributed by atoms with Gasteiger partial charge in [0.25, 0.3) is 0 Å². The number of rotatable bonds is 2. The van der Waals surface area contributed by atoms with Crippen molar-refractivity contribution in [2.45, 2.75) is 26.8 Å². The highest BCUT2D eigenvalue weighted by atomic mass is 16.7. The number of fused-ring (bicyclic) bond motifs is 2. The van der Waals surface area contributed by atoms with Gasteiger partial charge in [0, 0.05) is 25.2 Å². The van der Waals surface area contributed by atoms with Gasteiger partial charge in [0.2, 0.25) is 6.79 Å². The Balaban J connectivity index is 1.57. The van der Waals surface area contributed by atoms with E-state index in [4.69, 9.17) is 14.5 Å². The Morgan fingerprint density at radius 1 is 1.19 bits per heavy atom. The van der Waals surface area contributed by atoms with E-state index in [1.165, 1.54) is 6.42 Å². The molecule has 21 heavy (non-hydrogen) atoms. The molecule has 2 atom stereocenters. The van der Waals surface area contributed by atoms with Gasteiger partial charge in [0.05, 0.1) is 17.6 Å². The summed E-state index contributed by atoms with van der Waals surface area (Å²) in [4.78, 5) is 10.6. The summed E-state index contributed by atoms with van der Waals surface area (Å²) >= 11 is 0. The van der Waals surface area contributed by atoms with Crippen molar-refractivity contribution >= 4 is 11.0 Å². The van der Waals surface area contributed by atoms with E-state index in [1.54, 1.807) is 0 Å². The highest BCUT2D eigenvalue weighted by Crippen LogP contribution is 2.35. The summed E-state index contributed by atoms with van der Waals surface area (Å²) < 4.78 is 10.8. The minimum Gasteiger partial charge on any atom is -0.454 e. The molecule has 1 N–H and O–H groups in total. The van der Waals surface area contributed by atoms with Crippen molar-refractivity contribution in [3.05, 3.63) is 18.0 Å². The molecule has 0 amide bonds. The van der Waals surface area contributed by atoms with Crippen LogP contribution in [-0.4, -0.2) is 34.8 Å². The molecule has 112 valence electrons. The van der Waals surface area contributed by atoms with Gasteiger partial charge in [-0.3, -0.25) is 4.90 Å². The summed E-state index contributed by atoms with van der Waals surface area (Å²) in [6.45, 7) is 8.17. The van der Waals surface area contributed by atoms with Crippen LogP contribution < -0.4 is 9.47 Å². The van der Waals surface area contributed by atoms with Crippen LogP contribution >= 0.6 is 0 Å². The fourth-order valence-corrected chi connectivity index (χ4v) is 3.66. The number of aromatic amines is 1. The van der Waals surface area contributed by atoms with Crippen molar-refractivity contribution in [1.82, 2.24) is 14.9 Å². The summed E-state index contributed by atoms with van der Waals surface area (Å²) in [5.41, 5.74) is 1.97. The monoisotopic (exact) mass is 287 g/mol. The second kappa shape index (κ2) is 4.91. The Labute approximate surface area is 124 Å². The van der Waals surface area contributed by atoms with E-state index in [0.717, 1.165) is 59.8 Å². The molecule has 0 radical (unpaired) electrons. The predicted octanol–water partition coefficient (Wildman–Crippen LogP) is 2.77. The highest BCUT2D eigenvalue weighted by molar-refractivity contribution is 5.80. The fraction of sp³-hybridized carbons (Fsp3) is 0.562. The Kier molecular flexibility index (Phi) is 3.03. The zero-order valence-corrected chi connectivity index (χ0v) is 12.6. The molecule has 0 saturated carbocycles. The largest absolute Gasteiger partial charge is 0.454 e. The molecule has 4 rings (SSSR count). The zero-order chi connectivity index (χ0) is 14.4. The molecular formula is C16H21N3O2. The topological polar surface area (TPSA) is 50.4 Å². The van der Waals surface area contributed by atoms with Crippen LogP contribution in [-0.2, 0) is 6.54 Å². The zero-order valence-electron chi connectivity index (χ0n) is 12.6. The number of benzene rings is 1. The summed E-state index contributed by atoms with van der Waals surface area (Å²) in [6, 6.07) is 3.94. The van der Waals surface area contributed by atoms with Crippen molar-refractivity contribution in [3.63, 3.8) is 0 Å². The normalized spacial score (nSPS) is 25.6. The molecule has 2 aliphatic rings. The average Bonchev–Trinajstić information content (AvgIpc) is 2.99. The van der Waals surface area contributed by atoms with E-state index in [0.29, 0.717) is 6.79 Å². The van der Waals surface area contributed by atoms with Gasteiger partial charge in [-0.05, 0) is 18.3 Å². The third kappa shape index (κ3) is 2.46. The first-order chi connectivity index (χ1) is 10.2. The van der Waals surface area contributed by atoms with E-state index in [2.05, 4.69) is 23.7 Å². The molecule has 3 heterocycles. The van der Waals surface area contributed by atoms with Gasteiger partial charge >= 0.3 is 0 Å². The summed E-state index contributed by atoms with van der Waals surface area (Å²) in [6.07, 6.45) is 1.33. The number of nitrogens with zero attached hydrogens (tertiary/aromatic N) is 2. The van der Waals surface area contributed by atoms with Crippen LogP contribution in [0.4, 0.5) is 0 Å². The first kappa shape index (κ1) is 13.0. The Morgan fingerprint density at radius 3 is 2.67 bits per heavy atom. The van der Waals surface area contributed by atoms with Crippen LogP contribution in [0.5, 0.6) is 11.5 Å². The molecule has 0 bridgehead atoms. The van der Waals surface area contributed by atoms with Crippen LogP contribution in [0.15, 0.2) is 12.1 Å². The van der Waals surface area contributed by atoms with Gasteiger partial charge in [0.15, 0.2) is 11.5 Å². The van der Waals surface area contributed by atoms with Crippen molar-refractivity contribution in [1.29, 1.82) is 0 Å². The van der Waals surface area contributed by atoms with Crippen LogP contribution in [0.3, 0.4) is 0 Å². The van der Waals surface area contributed by atoms with Gasteiger partial charge in [-0.1, -0.05) is 13.8 Å². The van der Waals surface area contributed by atoms with E-state index < -0.39 is 0 Å². The van der Waals surface area contributed by atoms with Gasteiger partial charge in [-0.25, -0.2) is 4.98 Å². The number of hydrogen-bond donors (Lipinski definition) is 1. The van der Waals surface area contributed by atoms with Gasteiger partial charge in [0.1, 0.15) is 5.82 Å². The average molecular weight is 287 g/mol. The van der Waals surface area contributed by atoms with Crippen molar-refractivity contribution in [2.24, 2.45) is 11.8 Å². The highest BCUT2D eigenvalue weighted by Gasteiger charge is 2.23. The van der Waals surface area contributed by atoms with Gasteiger partial charge in [-0.2, -0.15) is 0 Å².